The molecule has 0 fully saturated rings. The van der Waals surface area contributed by atoms with Gasteiger partial charge in [0.15, 0.2) is 5.65 Å². The standard InChI is InChI=1S/C19H15F2N5O4/c1-28-14-6-4-3-5-10(14)12-7-13(17(20)21)26-18(23-12)11(9-22-26)19-25-24-15(30-19)8-16(27)29-2/h3-7,9,17H,8H2,1-2H3. The number of fused-ring (bicyclic) bond motifs is 1. The first-order valence-electron chi connectivity index (χ1n) is 8.71. The molecule has 0 bridgehead atoms. The van der Waals surface area contributed by atoms with Crippen molar-refractivity contribution in [3.05, 3.63) is 48.1 Å². The van der Waals surface area contributed by atoms with Crippen molar-refractivity contribution in [2.24, 2.45) is 0 Å². The van der Waals surface area contributed by atoms with E-state index in [-0.39, 0.29) is 40.8 Å². The molecular weight excluding hydrogens is 400 g/mol. The van der Waals surface area contributed by atoms with Gasteiger partial charge >= 0.3 is 5.97 Å². The van der Waals surface area contributed by atoms with Gasteiger partial charge in [-0.25, -0.2) is 18.3 Å². The van der Waals surface area contributed by atoms with Gasteiger partial charge < -0.3 is 13.9 Å². The van der Waals surface area contributed by atoms with E-state index >= 15 is 0 Å². The molecule has 0 aliphatic carbocycles. The van der Waals surface area contributed by atoms with E-state index in [1.54, 1.807) is 24.3 Å². The van der Waals surface area contributed by atoms with Crippen LogP contribution in [-0.2, 0) is 16.0 Å². The summed E-state index contributed by atoms with van der Waals surface area (Å²) in [6, 6.07) is 8.19. The molecule has 9 nitrogen and oxygen atoms in total. The summed E-state index contributed by atoms with van der Waals surface area (Å²) in [6.07, 6.45) is -1.73. The normalized spacial score (nSPS) is 11.2. The van der Waals surface area contributed by atoms with Crippen LogP contribution in [0.3, 0.4) is 0 Å². The maximum atomic E-state index is 13.8. The van der Waals surface area contributed by atoms with E-state index in [1.807, 2.05) is 0 Å². The third kappa shape index (κ3) is 3.45. The number of esters is 1. The highest BCUT2D eigenvalue weighted by molar-refractivity contribution is 5.76. The number of ether oxygens (including phenoxy) is 2. The number of alkyl halides is 2. The van der Waals surface area contributed by atoms with Crippen LogP contribution in [0.2, 0.25) is 0 Å². The Kier molecular flexibility index (Phi) is 5.09. The smallest absolute Gasteiger partial charge is 0.315 e. The van der Waals surface area contributed by atoms with E-state index < -0.39 is 12.4 Å². The van der Waals surface area contributed by atoms with Crippen LogP contribution in [0.4, 0.5) is 8.78 Å². The van der Waals surface area contributed by atoms with E-state index in [9.17, 15) is 13.6 Å². The summed E-state index contributed by atoms with van der Waals surface area (Å²) in [5.41, 5.74) is 0.792. The van der Waals surface area contributed by atoms with Crippen molar-refractivity contribution in [1.29, 1.82) is 0 Å². The number of rotatable bonds is 6. The molecule has 3 heterocycles. The molecular formula is C19H15F2N5O4. The van der Waals surface area contributed by atoms with E-state index in [2.05, 4.69) is 25.0 Å². The fourth-order valence-corrected chi connectivity index (χ4v) is 2.92. The third-order valence-corrected chi connectivity index (χ3v) is 4.33. The highest BCUT2D eigenvalue weighted by Gasteiger charge is 2.23. The van der Waals surface area contributed by atoms with E-state index in [4.69, 9.17) is 9.15 Å². The first-order chi connectivity index (χ1) is 14.5. The molecule has 0 aliphatic rings. The number of carbonyl (C=O) groups excluding carboxylic acids is 1. The lowest BCUT2D eigenvalue weighted by Gasteiger charge is -2.11. The number of hydrogen-bond acceptors (Lipinski definition) is 8. The SMILES string of the molecule is COC(=O)Cc1nnc(-c2cnn3c(C(F)F)cc(-c4ccccc4OC)nc23)o1. The largest absolute Gasteiger partial charge is 0.496 e. The molecule has 1 aromatic carbocycles. The number of halogens is 2. The Labute approximate surface area is 168 Å². The average Bonchev–Trinajstić information content (AvgIpc) is 3.39. The molecule has 0 N–H and O–H groups in total. The number of hydrogen-bond donors (Lipinski definition) is 0. The van der Waals surface area contributed by atoms with Gasteiger partial charge in [0, 0.05) is 5.56 Å². The second-order valence-corrected chi connectivity index (χ2v) is 6.11. The van der Waals surface area contributed by atoms with Crippen molar-refractivity contribution in [2.75, 3.05) is 14.2 Å². The lowest BCUT2D eigenvalue weighted by molar-refractivity contribution is -0.140. The Hall–Kier alpha value is -3.89. The van der Waals surface area contributed by atoms with Crippen molar-refractivity contribution in [3.8, 4) is 28.5 Å². The summed E-state index contributed by atoms with van der Waals surface area (Å²) in [4.78, 5) is 15.9. The predicted octanol–water partition coefficient (Wildman–Crippen LogP) is 3.11. The highest BCUT2D eigenvalue weighted by Crippen LogP contribution is 2.33. The maximum Gasteiger partial charge on any atom is 0.315 e. The molecule has 0 unspecified atom stereocenters. The van der Waals surface area contributed by atoms with E-state index in [0.717, 1.165) is 4.52 Å². The van der Waals surface area contributed by atoms with Gasteiger partial charge in [-0.2, -0.15) is 5.10 Å². The number of benzene rings is 1. The molecule has 0 radical (unpaired) electrons. The van der Waals surface area contributed by atoms with Crippen LogP contribution in [0.5, 0.6) is 5.75 Å². The number of methoxy groups -OCH3 is 2. The number of para-hydroxylation sites is 1. The molecule has 4 aromatic rings. The fraction of sp³-hybridized carbons (Fsp3) is 0.211. The molecule has 11 heteroatoms. The monoisotopic (exact) mass is 415 g/mol. The molecule has 154 valence electrons. The molecule has 4 rings (SSSR count). The molecule has 0 spiro atoms. The Balaban J connectivity index is 1.87. The van der Waals surface area contributed by atoms with Crippen LogP contribution in [0.1, 0.15) is 18.0 Å². The van der Waals surface area contributed by atoms with Gasteiger partial charge in [0.25, 0.3) is 12.3 Å². The first kappa shape index (κ1) is 19.4. The lowest BCUT2D eigenvalue weighted by atomic mass is 10.1. The quantitative estimate of drug-likeness (QED) is 0.443. The van der Waals surface area contributed by atoms with Gasteiger partial charge in [-0.15, -0.1) is 10.2 Å². The van der Waals surface area contributed by atoms with Crippen LogP contribution in [0.25, 0.3) is 28.4 Å². The number of aromatic nitrogens is 5. The highest BCUT2D eigenvalue weighted by atomic mass is 19.3. The van der Waals surface area contributed by atoms with E-state index in [1.165, 1.54) is 26.5 Å². The van der Waals surface area contributed by atoms with Gasteiger partial charge in [0.05, 0.1) is 26.1 Å². The van der Waals surface area contributed by atoms with Crippen molar-refractivity contribution < 1.29 is 27.5 Å². The molecule has 0 aliphatic heterocycles. The molecule has 30 heavy (non-hydrogen) atoms. The minimum Gasteiger partial charge on any atom is -0.496 e. The zero-order chi connectivity index (χ0) is 21.3. The summed E-state index contributed by atoms with van der Waals surface area (Å²) in [5.74, 6) is -0.0598. The van der Waals surface area contributed by atoms with Crippen LogP contribution in [-0.4, -0.2) is 45.0 Å². The van der Waals surface area contributed by atoms with Crippen molar-refractivity contribution in [1.82, 2.24) is 24.8 Å². The number of carbonyl (C=O) groups is 1. The van der Waals surface area contributed by atoms with Crippen LogP contribution >= 0.6 is 0 Å². The zero-order valence-electron chi connectivity index (χ0n) is 15.9. The van der Waals surface area contributed by atoms with Gasteiger partial charge in [0.2, 0.25) is 5.89 Å². The fourth-order valence-electron chi connectivity index (χ4n) is 2.92. The number of nitrogens with zero attached hydrogens (tertiary/aromatic N) is 5. The molecule has 0 saturated carbocycles. The van der Waals surface area contributed by atoms with Crippen LogP contribution in [0.15, 0.2) is 40.9 Å². The van der Waals surface area contributed by atoms with E-state index in [0.29, 0.717) is 11.3 Å². The Morgan fingerprint density at radius 2 is 2.00 bits per heavy atom. The summed E-state index contributed by atoms with van der Waals surface area (Å²) < 4.78 is 43.9. The predicted molar refractivity (Wildman–Crippen MR) is 98.9 cm³/mol. The lowest BCUT2D eigenvalue weighted by Crippen LogP contribution is -2.04. The molecule has 3 aromatic heterocycles. The molecule has 0 amide bonds. The molecule has 0 saturated heterocycles. The minimum absolute atomic E-state index is 0.00574. The van der Waals surface area contributed by atoms with Gasteiger partial charge in [-0.3, -0.25) is 4.79 Å². The second kappa shape index (κ2) is 7.85. The van der Waals surface area contributed by atoms with Crippen LogP contribution < -0.4 is 4.74 Å². The van der Waals surface area contributed by atoms with Gasteiger partial charge in [-0.1, -0.05) is 12.1 Å². The minimum atomic E-state index is -2.81. The third-order valence-electron chi connectivity index (χ3n) is 4.33. The Bertz CT molecular complexity index is 1220. The summed E-state index contributed by atoms with van der Waals surface area (Å²) in [7, 11) is 2.72. The van der Waals surface area contributed by atoms with Crippen molar-refractivity contribution in [2.45, 2.75) is 12.8 Å². The Morgan fingerprint density at radius 3 is 2.73 bits per heavy atom. The Morgan fingerprint density at radius 1 is 1.20 bits per heavy atom. The van der Waals surface area contributed by atoms with Crippen LogP contribution in [0, 0.1) is 0 Å². The zero-order valence-corrected chi connectivity index (χ0v) is 15.9. The summed E-state index contributed by atoms with van der Waals surface area (Å²) in [5, 5.41) is 11.7. The summed E-state index contributed by atoms with van der Waals surface area (Å²) >= 11 is 0. The van der Waals surface area contributed by atoms with Gasteiger partial charge in [0.1, 0.15) is 23.4 Å². The second-order valence-electron chi connectivity index (χ2n) is 6.11. The maximum absolute atomic E-state index is 13.8. The van der Waals surface area contributed by atoms with Crippen molar-refractivity contribution >= 4 is 11.6 Å². The first-order valence-corrected chi connectivity index (χ1v) is 8.71. The van der Waals surface area contributed by atoms with Crippen molar-refractivity contribution in [3.63, 3.8) is 0 Å². The topological polar surface area (TPSA) is 105 Å². The average molecular weight is 415 g/mol. The molecule has 0 atom stereocenters. The summed E-state index contributed by atoms with van der Waals surface area (Å²) in [6.45, 7) is 0. The van der Waals surface area contributed by atoms with Gasteiger partial charge in [-0.05, 0) is 18.2 Å².